The fraction of sp³-hybridized carbons (Fsp3) is 0. The number of fused-ring (bicyclic) bond motifs is 7. The van der Waals surface area contributed by atoms with Crippen LogP contribution < -0.4 is 4.90 Å². The molecule has 0 saturated carbocycles. The predicted octanol–water partition coefficient (Wildman–Crippen LogP) is 14.3. The van der Waals surface area contributed by atoms with Gasteiger partial charge in [0.1, 0.15) is 11.2 Å². The van der Waals surface area contributed by atoms with Crippen molar-refractivity contribution in [1.29, 1.82) is 0 Å². The number of furan rings is 1. The summed E-state index contributed by atoms with van der Waals surface area (Å²) in [5, 5.41) is 6.78. The molecule has 11 rings (SSSR count). The van der Waals surface area contributed by atoms with E-state index in [0.717, 1.165) is 94.4 Å². The number of hydrogen-bond donors (Lipinski definition) is 0. The summed E-state index contributed by atoms with van der Waals surface area (Å²) < 4.78 is 6.17. The number of nitrogens with zero attached hydrogens (tertiary/aromatic N) is 3. The Bertz CT molecular complexity index is 3250. The van der Waals surface area contributed by atoms with Crippen LogP contribution in [0.5, 0.6) is 0 Å². The van der Waals surface area contributed by atoms with Gasteiger partial charge in [0.15, 0.2) is 0 Å². The highest BCUT2D eigenvalue weighted by atomic mass is 16.3. The van der Waals surface area contributed by atoms with Crippen molar-refractivity contribution in [2.45, 2.75) is 0 Å². The zero-order valence-electron chi connectivity index (χ0n) is 30.3. The molecular formula is C52H33N3O. The molecule has 0 aliphatic carbocycles. The van der Waals surface area contributed by atoms with E-state index in [9.17, 15) is 0 Å². The van der Waals surface area contributed by atoms with E-state index in [-0.39, 0.29) is 0 Å². The molecule has 262 valence electrons. The molecule has 2 heterocycles. The Kier molecular flexibility index (Phi) is 7.46. The lowest BCUT2D eigenvalue weighted by Crippen LogP contribution is -2.09. The smallest absolute Gasteiger partial charge is 0.135 e. The molecular weight excluding hydrogens is 683 g/mol. The zero-order valence-corrected chi connectivity index (χ0v) is 30.3. The summed E-state index contributed by atoms with van der Waals surface area (Å²) in [6.45, 7) is 0. The van der Waals surface area contributed by atoms with Crippen molar-refractivity contribution in [2.24, 2.45) is 0 Å². The Morgan fingerprint density at radius 2 is 0.911 bits per heavy atom. The fourth-order valence-corrected chi connectivity index (χ4v) is 8.04. The lowest BCUT2D eigenvalue weighted by atomic mass is 9.97. The quantitative estimate of drug-likeness (QED) is 0.161. The molecule has 9 aromatic carbocycles. The van der Waals surface area contributed by atoms with Gasteiger partial charge in [-0.25, -0.2) is 9.97 Å². The van der Waals surface area contributed by atoms with Gasteiger partial charge in [-0.15, -0.1) is 0 Å². The standard InChI is InChI=1S/C52H33N3O/c1-4-12-35(13-5-1)50-51(36-14-6-2-7-15-36)54-52-45-32-40(21-20-34(45)25-28-47(52)53-50)37-22-23-39-31-42(26-24-38(39)30-37)55(41-16-8-3-9-17-41)43-27-29-49-46(33-43)44-18-10-11-19-48(44)56-49/h1-33H. The van der Waals surface area contributed by atoms with E-state index in [1.165, 1.54) is 10.8 Å². The van der Waals surface area contributed by atoms with Crippen LogP contribution in [0.15, 0.2) is 205 Å². The highest BCUT2D eigenvalue weighted by molar-refractivity contribution is 6.08. The molecule has 0 bridgehead atoms. The van der Waals surface area contributed by atoms with Gasteiger partial charge in [-0.3, -0.25) is 0 Å². The Balaban J connectivity index is 1.01. The van der Waals surface area contributed by atoms with Crippen LogP contribution in [0.4, 0.5) is 17.1 Å². The normalized spacial score (nSPS) is 11.6. The van der Waals surface area contributed by atoms with Gasteiger partial charge < -0.3 is 9.32 Å². The van der Waals surface area contributed by atoms with Gasteiger partial charge in [-0.05, 0) is 94.0 Å². The van der Waals surface area contributed by atoms with Crippen LogP contribution >= 0.6 is 0 Å². The molecule has 2 aromatic heterocycles. The summed E-state index contributed by atoms with van der Waals surface area (Å²) in [4.78, 5) is 12.9. The third-order valence-electron chi connectivity index (χ3n) is 10.8. The van der Waals surface area contributed by atoms with Gasteiger partial charge in [-0.1, -0.05) is 133 Å². The van der Waals surface area contributed by atoms with Crippen LogP contribution in [0.25, 0.3) is 88.2 Å². The molecule has 4 heteroatoms. The van der Waals surface area contributed by atoms with E-state index in [1.807, 2.05) is 24.3 Å². The average Bonchev–Trinajstić information content (AvgIpc) is 3.65. The molecule has 0 radical (unpaired) electrons. The first-order valence-corrected chi connectivity index (χ1v) is 18.9. The topological polar surface area (TPSA) is 42.2 Å². The van der Waals surface area contributed by atoms with Crippen LogP contribution in [-0.2, 0) is 0 Å². The van der Waals surface area contributed by atoms with Gasteiger partial charge in [-0.2, -0.15) is 0 Å². The molecule has 0 aliphatic rings. The van der Waals surface area contributed by atoms with E-state index < -0.39 is 0 Å². The molecule has 0 spiro atoms. The summed E-state index contributed by atoms with van der Waals surface area (Å²) in [7, 11) is 0. The second kappa shape index (κ2) is 13.1. The number of anilines is 3. The summed E-state index contributed by atoms with van der Waals surface area (Å²) >= 11 is 0. The first kappa shape index (κ1) is 31.9. The van der Waals surface area contributed by atoms with Gasteiger partial charge in [0.2, 0.25) is 0 Å². The van der Waals surface area contributed by atoms with Crippen molar-refractivity contribution in [3.63, 3.8) is 0 Å². The minimum absolute atomic E-state index is 0.877. The molecule has 0 N–H and O–H groups in total. The van der Waals surface area contributed by atoms with E-state index >= 15 is 0 Å². The van der Waals surface area contributed by atoms with Crippen molar-refractivity contribution in [3.8, 4) is 33.6 Å². The van der Waals surface area contributed by atoms with Crippen molar-refractivity contribution < 1.29 is 4.42 Å². The lowest BCUT2D eigenvalue weighted by Gasteiger charge is -2.26. The fourth-order valence-electron chi connectivity index (χ4n) is 8.04. The monoisotopic (exact) mass is 715 g/mol. The number of benzene rings is 9. The zero-order chi connectivity index (χ0) is 37.0. The third-order valence-corrected chi connectivity index (χ3v) is 10.8. The molecule has 0 fully saturated rings. The number of hydrogen-bond acceptors (Lipinski definition) is 4. The summed E-state index contributed by atoms with van der Waals surface area (Å²) in [5.74, 6) is 0. The molecule has 4 nitrogen and oxygen atoms in total. The van der Waals surface area contributed by atoms with Crippen molar-refractivity contribution in [3.05, 3.63) is 200 Å². The maximum Gasteiger partial charge on any atom is 0.135 e. The number of rotatable bonds is 6. The van der Waals surface area contributed by atoms with Crippen LogP contribution in [0.3, 0.4) is 0 Å². The van der Waals surface area contributed by atoms with Gasteiger partial charge >= 0.3 is 0 Å². The Morgan fingerprint density at radius 1 is 0.339 bits per heavy atom. The molecule has 0 unspecified atom stereocenters. The average molecular weight is 716 g/mol. The van der Waals surface area contributed by atoms with Gasteiger partial charge in [0, 0.05) is 44.3 Å². The largest absolute Gasteiger partial charge is 0.456 e. The number of para-hydroxylation sites is 2. The maximum atomic E-state index is 6.17. The van der Waals surface area contributed by atoms with Crippen molar-refractivity contribution >= 4 is 71.6 Å². The van der Waals surface area contributed by atoms with Crippen LogP contribution in [0, 0.1) is 0 Å². The Labute approximate surface area is 323 Å². The SMILES string of the molecule is c1ccc(-c2nc3ccc4ccc(-c5ccc6cc(N(c7ccccc7)c7ccc8oc9ccccc9c8c7)ccc6c5)cc4c3nc2-c2ccccc2)cc1. The molecule has 0 aliphatic heterocycles. The number of aromatic nitrogens is 2. The molecule has 0 amide bonds. The molecule has 56 heavy (non-hydrogen) atoms. The van der Waals surface area contributed by atoms with Gasteiger partial charge in [0.05, 0.1) is 22.4 Å². The minimum Gasteiger partial charge on any atom is -0.456 e. The maximum absolute atomic E-state index is 6.17. The summed E-state index contributed by atoms with van der Waals surface area (Å²) in [6.07, 6.45) is 0. The lowest BCUT2D eigenvalue weighted by molar-refractivity contribution is 0.669. The third kappa shape index (κ3) is 5.47. The van der Waals surface area contributed by atoms with Crippen molar-refractivity contribution in [2.75, 3.05) is 4.90 Å². The second-order valence-corrected chi connectivity index (χ2v) is 14.2. The molecule has 11 aromatic rings. The van der Waals surface area contributed by atoms with E-state index in [4.69, 9.17) is 14.4 Å². The predicted molar refractivity (Wildman–Crippen MR) is 233 cm³/mol. The Hall–Kier alpha value is -7.56. The van der Waals surface area contributed by atoms with Crippen LogP contribution in [0.1, 0.15) is 0 Å². The first-order chi connectivity index (χ1) is 27.7. The molecule has 0 saturated heterocycles. The molecule has 0 atom stereocenters. The van der Waals surface area contributed by atoms with E-state index in [2.05, 4.69) is 181 Å². The van der Waals surface area contributed by atoms with Crippen molar-refractivity contribution in [1.82, 2.24) is 9.97 Å². The van der Waals surface area contributed by atoms with Crippen LogP contribution in [0.2, 0.25) is 0 Å². The first-order valence-electron chi connectivity index (χ1n) is 18.9. The van der Waals surface area contributed by atoms with Crippen LogP contribution in [-0.4, -0.2) is 9.97 Å². The summed E-state index contributed by atoms with van der Waals surface area (Å²) in [5.41, 5.74) is 13.0. The highest BCUT2D eigenvalue weighted by Gasteiger charge is 2.18. The van der Waals surface area contributed by atoms with E-state index in [1.54, 1.807) is 0 Å². The summed E-state index contributed by atoms with van der Waals surface area (Å²) in [6, 6.07) is 70.3. The minimum atomic E-state index is 0.877. The van der Waals surface area contributed by atoms with Gasteiger partial charge in [0.25, 0.3) is 0 Å². The highest BCUT2D eigenvalue weighted by Crippen LogP contribution is 2.40. The Morgan fingerprint density at radius 3 is 1.70 bits per heavy atom. The second-order valence-electron chi connectivity index (χ2n) is 14.2. The van der Waals surface area contributed by atoms with E-state index in [0.29, 0.717) is 0 Å².